The van der Waals surface area contributed by atoms with Gasteiger partial charge in [-0.3, -0.25) is 0 Å². The van der Waals surface area contributed by atoms with Crippen LogP contribution in [0.1, 0.15) is 36.5 Å². The van der Waals surface area contributed by atoms with E-state index in [1.165, 1.54) is 22.4 Å². The van der Waals surface area contributed by atoms with E-state index in [-0.39, 0.29) is 0 Å². The lowest BCUT2D eigenvalue weighted by Crippen LogP contribution is -2.28. The van der Waals surface area contributed by atoms with Gasteiger partial charge >= 0.3 is 0 Å². The average molecular weight is 218 g/mol. The van der Waals surface area contributed by atoms with Gasteiger partial charge in [0.15, 0.2) is 0 Å². The first-order valence-electron chi connectivity index (χ1n) is 6.16. The lowest BCUT2D eigenvalue weighted by molar-refractivity contribution is 0.673. The molecule has 1 atom stereocenters. The third kappa shape index (κ3) is 2.07. The number of aryl methyl sites for hydroxylation is 1. The molecule has 0 bridgehead atoms. The van der Waals surface area contributed by atoms with Crippen molar-refractivity contribution in [1.29, 1.82) is 0 Å². The maximum Gasteiger partial charge on any atom is 0.0427 e. The van der Waals surface area contributed by atoms with Crippen molar-refractivity contribution in [2.24, 2.45) is 0 Å². The summed E-state index contributed by atoms with van der Waals surface area (Å²) in [6.45, 7) is 7.77. The van der Waals surface area contributed by atoms with Crippen molar-refractivity contribution in [2.75, 3.05) is 18.9 Å². The predicted molar refractivity (Wildman–Crippen MR) is 70.3 cm³/mol. The number of nitrogens with one attached hydrogen (secondary N) is 2. The van der Waals surface area contributed by atoms with E-state index in [2.05, 4.69) is 43.5 Å². The van der Waals surface area contributed by atoms with Gasteiger partial charge in [0.1, 0.15) is 0 Å². The molecule has 0 radical (unpaired) electrons. The summed E-state index contributed by atoms with van der Waals surface area (Å²) >= 11 is 0. The second-order valence-corrected chi connectivity index (χ2v) is 5.12. The molecule has 1 heterocycles. The molecule has 16 heavy (non-hydrogen) atoms. The number of benzene rings is 1. The van der Waals surface area contributed by atoms with Crippen molar-refractivity contribution < 1.29 is 0 Å². The van der Waals surface area contributed by atoms with Crippen LogP contribution in [0.2, 0.25) is 0 Å². The lowest BCUT2D eigenvalue weighted by atomic mass is 9.95. The second-order valence-electron chi connectivity index (χ2n) is 5.12. The first-order chi connectivity index (χ1) is 7.61. The normalized spacial score (nSPS) is 18.7. The van der Waals surface area contributed by atoms with E-state index in [1.54, 1.807) is 0 Å². The Labute approximate surface area is 98.4 Å². The second kappa shape index (κ2) is 4.46. The SMILES string of the molecule is CNCC1Cc2cc(C)c(C(C)C)cc2N1. The number of anilines is 1. The third-order valence-electron chi connectivity index (χ3n) is 3.39. The highest BCUT2D eigenvalue weighted by Gasteiger charge is 2.21. The minimum absolute atomic E-state index is 0.557. The van der Waals surface area contributed by atoms with Gasteiger partial charge in [-0.2, -0.15) is 0 Å². The van der Waals surface area contributed by atoms with E-state index in [0.29, 0.717) is 12.0 Å². The molecular formula is C14H22N2. The Bertz CT molecular complexity index is 383. The molecule has 0 saturated heterocycles. The van der Waals surface area contributed by atoms with Crippen LogP contribution in [0.3, 0.4) is 0 Å². The van der Waals surface area contributed by atoms with Crippen molar-refractivity contribution >= 4 is 5.69 Å². The van der Waals surface area contributed by atoms with Gasteiger partial charge in [-0.15, -0.1) is 0 Å². The van der Waals surface area contributed by atoms with Gasteiger partial charge in [0.25, 0.3) is 0 Å². The van der Waals surface area contributed by atoms with Crippen LogP contribution in [-0.4, -0.2) is 19.6 Å². The first-order valence-corrected chi connectivity index (χ1v) is 6.16. The maximum absolute atomic E-state index is 3.60. The van der Waals surface area contributed by atoms with Crippen molar-refractivity contribution in [3.05, 3.63) is 28.8 Å². The highest BCUT2D eigenvalue weighted by Crippen LogP contribution is 2.31. The predicted octanol–water partition coefficient (Wildman–Crippen LogP) is 2.67. The number of fused-ring (bicyclic) bond motifs is 1. The quantitative estimate of drug-likeness (QED) is 0.815. The van der Waals surface area contributed by atoms with Gasteiger partial charge < -0.3 is 10.6 Å². The van der Waals surface area contributed by atoms with E-state index in [9.17, 15) is 0 Å². The lowest BCUT2D eigenvalue weighted by Gasteiger charge is -2.13. The fraction of sp³-hybridized carbons (Fsp3) is 0.571. The summed E-state index contributed by atoms with van der Waals surface area (Å²) in [6, 6.07) is 5.25. The Kier molecular flexibility index (Phi) is 3.20. The van der Waals surface area contributed by atoms with Gasteiger partial charge in [-0.1, -0.05) is 19.9 Å². The number of hydrogen-bond donors (Lipinski definition) is 2. The zero-order chi connectivity index (χ0) is 11.7. The molecule has 0 saturated carbocycles. The molecule has 1 unspecified atom stereocenters. The maximum atomic E-state index is 3.60. The Morgan fingerprint density at radius 1 is 1.44 bits per heavy atom. The minimum Gasteiger partial charge on any atom is -0.380 e. The van der Waals surface area contributed by atoms with Gasteiger partial charge in [0.2, 0.25) is 0 Å². The highest BCUT2D eigenvalue weighted by atomic mass is 15.0. The fourth-order valence-corrected chi connectivity index (χ4v) is 2.62. The molecule has 0 amide bonds. The van der Waals surface area contributed by atoms with Crippen LogP contribution in [0.5, 0.6) is 0 Å². The van der Waals surface area contributed by atoms with E-state index in [4.69, 9.17) is 0 Å². The molecule has 0 fully saturated rings. The highest BCUT2D eigenvalue weighted by molar-refractivity contribution is 5.60. The summed E-state index contributed by atoms with van der Waals surface area (Å²) in [5, 5.41) is 6.83. The van der Waals surface area contributed by atoms with Crippen LogP contribution in [0.4, 0.5) is 5.69 Å². The third-order valence-corrected chi connectivity index (χ3v) is 3.39. The molecule has 1 aliphatic rings. The van der Waals surface area contributed by atoms with E-state index in [1.807, 2.05) is 7.05 Å². The Morgan fingerprint density at radius 2 is 2.19 bits per heavy atom. The molecule has 0 aliphatic carbocycles. The summed E-state index contributed by atoms with van der Waals surface area (Å²) in [5.41, 5.74) is 5.72. The molecule has 0 aromatic heterocycles. The topological polar surface area (TPSA) is 24.1 Å². The average Bonchev–Trinajstić information content (AvgIpc) is 2.58. The van der Waals surface area contributed by atoms with Gasteiger partial charge in [0, 0.05) is 18.3 Å². The Morgan fingerprint density at radius 3 is 2.81 bits per heavy atom. The first kappa shape index (κ1) is 11.5. The minimum atomic E-state index is 0.557. The van der Waals surface area contributed by atoms with Gasteiger partial charge in [-0.25, -0.2) is 0 Å². The smallest absolute Gasteiger partial charge is 0.0427 e. The van der Waals surface area contributed by atoms with Crippen molar-refractivity contribution in [3.63, 3.8) is 0 Å². The number of likely N-dealkylation sites (N-methyl/N-ethyl adjacent to an activating group) is 1. The fourth-order valence-electron chi connectivity index (χ4n) is 2.62. The molecule has 2 heteroatoms. The summed E-state index contributed by atoms with van der Waals surface area (Å²) in [5.74, 6) is 0.607. The molecule has 88 valence electrons. The van der Waals surface area contributed by atoms with E-state index < -0.39 is 0 Å². The molecule has 2 nitrogen and oxygen atoms in total. The van der Waals surface area contributed by atoms with Crippen molar-refractivity contribution in [1.82, 2.24) is 5.32 Å². The van der Waals surface area contributed by atoms with Gasteiger partial charge in [-0.05, 0) is 49.1 Å². The molecule has 2 rings (SSSR count). The van der Waals surface area contributed by atoms with Crippen LogP contribution in [0, 0.1) is 6.92 Å². The van der Waals surface area contributed by atoms with Gasteiger partial charge in [0.05, 0.1) is 0 Å². The zero-order valence-corrected chi connectivity index (χ0v) is 10.7. The van der Waals surface area contributed by atoms with Crippen LogP contribution >= 0.6 is 0 Å². The summed E-state index contributed by atoms with van der Waals surface area (Å²) in [4.78, 5) is 0. The van der Waals surface area contributed by atoms with Crippen LogP contribution in [0.15, 0.2) is 12.1 Å². The number of rotatable bonds is 3. The zero-order valence-electron chi connectivity index (χ0n) is 10.7. The largest absolute Gasteiger partial charge is 0.380 e. The molecular weight excluding hydrogens is 196 g/mol. The van der Waals surface area contributed by atoms with Crippen LogP contribution in [0.25, 0.3) is 0 Å². The summed E-state index contributed by atoms with van der Waals surface area (Å²) < 4.78 is 0. The molecule has 1 aliphatic heterocycles. The van der Waals surface area contributed by atoms with Crippen LogP contribution < -0.4 is 10.6 Å². The molecule has 2 N–H and O–H groups in total. The van der Waals surface area contributed by atoms with Crippen LogP contribution in [-0.2, 0) is 6.42 Å². The van der Waals surface area contributed by atoms with E-state index in [0.717, 1.165) is 13.0 Å². The monoisotopic (exact) mass is 218 g/mol. The van der Waals surface area contributed by atoms with Crippen molar-refractivity contribution in [3.8, 4) is 0 Å². The molecule has 0 spiro atoms. The molecule has 1 aromatic carbocycles. The Hall–Kier alpha value is -1.02. The summed E-state index contributed by atoms with van der Waals surface area (Å²) in [7, 11) is 2.01. The molecule has 1 aromatic rings. The Balaban J connectivity index is 2.26. The number of hydrogen-bond acceptors (Lipinski definition) is 2. The summed E-state index contributed by atoms with van der Waals surface area (Å²) in [6.07, 6.45) is 1.15. The standard InChI is InChI=1S/C14H22N2/c1-9(2)13-7-14-11(5-10(13)3)6-12(16-14)8-15-4/h5,7,9,12,15-16H,6,8H2,1-4H3. The van der Waals surface area contributed by atoms with Crippen molar-refractivity contribution in [2.45, 2.75) is 39.2 Å². The van der Waals surface area contributed by atoms with E-state index >= 15 is 0 Å².